The predicted molar refractivity (Wildman–Crippen MR) is 107 cm³/mol. The quantitative estimate of drug-likeness (QED) is 0.653. The van der Waals surface area contributed by atoms with Crippen LogP contribution in [-0.2, 0) is 10.0 Å². The second-order valence-corrected chi connectivity index (χ2v) is 9.16. The number of aromatic nitrogens is 2. The van der Waals surface area contributed by atoms with Crippen LogP contribution in [0.25, 0.3) is 22.8 Å². The third-order valence-corrected chi connectivity index (χ3v) is 7.09. The van der Waals surface area contributed by atoms with Gasteiger partial charge in [0.25, 0.3) is 5.89 Å². The number of piperidine rings is 1. The summed E-state index contributed by atoms with van der Waals surface area (Å²) in [6.45, 7) is 3.27. The highest BCUT2D eigenvalue weighted by atomic mass is 32.2. The standard InChI is InChI=1S/C21H20N4O3S/c1-15-10-12-25(13-11-15)29(26,27)19-8-6-17(7-9-19)20-23-21(28-24-20)18-4-2-16(14-22)3-5-18/h2-9,15H,10-13H2,1H3. The Labute approximate surface area is 169 Å². The predicted octanol–water partition coefficient (Wildman–Crippen LogP) is 3.70. The van der Waals surface area contributed by atoms with Crippen LogP contribution in [0.15, 0.2) is 57.9 Å². The molecule has 2 heterocycles. The van der Waals surface area contributed by atoms with Crippen LogP contribution >= 0.6 is 0 Å². The van der Waals surface area contributed by atoms with Gasteiger partial charge in [-0.3, -0.25) is 0 Å². The minimum absolute atomic E-state index is 0.270. The molecule has 4 rings (SSSR count). The van der Waals surface area contributed by atoms with Crippen LogP contribution in [-0.4, -0.2) is 36.0 Å². The monoisotopic (exact) mass is 408 g/mol. The van der Waals surface area contributed by atoms with Gasteiger partial charge in [0.1, 0.15) is 0 Å². The van der Waals surface area contributed by atoms with Gasteiger partial charge in [0.05, 0.1) is 16.5 Å². The second kappa shape index (κ2) is 7.78. The maximum Gasteiger partial charge on any atom is 0.258 e. The first-order valence-electron chi connectivity index (χ1n) is 9.42. The largest absolute Gasteiger partial charge is 0.334 e. The molecular weight excluding hydrogens is 388 g/mol. The smallest absolute Gasteiger partial charge is 0.258 e. The van der Waals surface area contributed by atoms with Gasteiger partial charge in [-0.05, 0) is 67.3 Å². The Bertz CT molecular complexity index is 1140. The Balaban J connectivity index is 1.54. The number of hydrogen-bond acceptors (Lipinski definition) is 6. The van der Waals surface area contributed by atoms with Gasteiger partial charge >= 0.3 is 0 Å². The van der Waals surface area contributed by atoms with Gasteiger partial charge in [-0.15, -0.1) is 0 Å². The molecule has 0 N–H and O–H groups in total. The molecule has 0 radical (unpaired) electrons. The lowest BCUT2D eigenvalue weighted by molar-refractivity contribution is 0.288. The van der Waals surface area contributed by atoms with Gasteiger partial charge in [-0.1, -0.05) is 12.1 Å². The lowest BCUT2D eigenvalue weighted by atomic mass is 10.0. The average molecular weight is 408 g/mol. The Morgan fingerprint density at radius 2 is 1.66 bits per heavy atom. The molecule has 8 heteroatoms. The summed E-state index contributed by atoms with van der Waals surface area (Å²) in [5.74, 6) is 1.27. The molecule has 0 unspecified atom stereocenters. The van der Waals surface area contributed by atoms with E-state index in [4.69, 9.17) is 9.78 Å². The molecule has 0 spiro atoms. The van der Waals surface area contributed by atoms with Crippen LogP contribution in [0.2, 0.25) is 0 Å². The van der Waals surface area contributed by atoms with Crippen LogP contribution in [0.3, 0.4) is 0 Å². The number of nitriles is 1. The number of nitrogens with zero attached hydrogens (tertiary/aromatic N) is 4. The lowest BCUT2D eigenvalue weighted by Gasteiger charge is -2.29. The molecule has 0 saturated carbocycles. The van der Waals surface area contributed by atoms with Gasteiger partial charge in [-0.25, -0.2) is 8.42 Å². The lowest BCUT2D eigenvalue weighted by Crippen LogP contribution is -2.37. The fourth-order valence-electron chi connectivity index (χ4n) is 3.30. The molecule has 1 aromatic heterocycles. The Hall–Kier alpha value is -3.02. The van der Waals surface area contributed by atoms with Crippen LogP contribution in [0, 0.1) is 17.2 Å². The summed E-state index contributed by atoms with van der Waals surface area (Å²) in [6.07, 6.45) is 1.77. The van der Waals surface area contributed by atoms with Crippen molar-refractivity contribution in [2.45, 2.75) is 24.7 Å². The fourth-order valence-corrected chi connectivity index (χ4v) is 4.77. The van der Waals surface area contributed by atoms with E-state index in [2.05, 4.69) is 23.1 Å². The van der Waals surface area contributed by atoms with E-state index in [-0.39, 0.29) is 4.90 Å². The zero-order valence-electron chi connectivity index (χ0n) is 15.9. The van der Waals surface area contributed by atoms with Gasteiger partial charge in [0.15, 0.2) is 0 Å². The van der Waals surface area contributed by atoms with Crippen LogP contribution < -0.4 is 0 Å². The highest BCUT2D eigenvalue weighted by Gasteiger charge is 2.28. The summed E-state index contributed by atoms with van der Waals surface area (Å²) in [5.41, 5.74) is 1.93. The zero-order chi connectivity index (χ0) is 20.4. The van der Waals surface area contributed by atoms with Crippen LogP contribution in [0.1, 0.15) is 25.3 Å². The maximum atomic E-state index is 12.8. The number of rotatable bonds is 4. The van der Waals surface area contributed by atoms with E-state index in [1.807, 2.05) is 0 Å². The highest BCUT2D eigenvalue weighted by molar-refractivity contribution is 7.89. The van der Waals surface area contributed by atoms with Crippen molar-refractivity contribution in [3.63, 3.8) is 0 Å². The topological polar surface area (TPSA) is 100 Å². The molecule has 2 aromatic carbocycles. The Morgan fingerprint density at radius 3 is 2.28 bits per heavy atom. The van der Waals surface area contributed by atoms with Crippen LogP contribution in [0.5, 0.6) is 0 Å². The number of hydrogen-bond donors (Lipinski definition) is 0. The van der Waals surface area contributed by atoms with E-state index in [1.54, 1.807) is 52.8 Å². The van der Waals surface area contributed by atoms with Crippen molar-refractivity contribution >= 4 is 10.0 Å². The molecule has 29 heavy (non-hydrogen) atoms. The fraction of sp³-hybridized carbons (Fsp3) is 0.286. The average Bonchev–Trinajstić information content (AvgIpc) is 3.24. The van der Waals surface area contributed by atoms with Gasteiger partial charge in [0, 0.05) is 24.2 Å². The molecule has 148 valence electrons. The molecule has 0 aliphatic carbocycles. The molecule has 0 amide bonds. The van der Waals surface area contributed by atoms with E-state index in [0.717, 1.165) is 12.8 Å². The molecule has 7 nitrogen and oxygen atoms in total. The van der Waals surface area contributed by atoms with Gasteiger partial charge in [0.2, 0.25) is 15.8 Å². The third-order valence-electron chi connectivity index (χ3n) is 5.18. The van der Waals surface area contributed by atoms with Crippen LogP contribution in [0.4, 0.5) is 0 Å². The van der Waals surface area contributed by atoms with Gasteiger partial charge in [-0.2, -0.15) is 14.6 Å². The first-order chi connectivity index (χ1) is 14.0. The molecule has 0 atom stereocenters. The van der Waals surface area contributed by atoms with E-state index in [9.17, 15) is 8.42 Å². The van der Waals surface area contributed by atoms with Crippen molar-refractivity contribution in [1.29, 1.82) is 5.26 Å². The van der Waals surface area contributed by atoms with E-state index in [0.29, 0.717) is 47.4 Å². The Kier molecular flexibility index (Phi) is 5.18. The summed E-state index contributed by atoms with van der Waals surface area (Å²) < 4.78 is 32.5. The number of benzene rings is 2. The SMILES string of the molecule is CC1CCN(S(=O)(=O)c2ccc(-c3noc(-c4ccc(C#N)cc4)n3)cc2)CC1. The summed E-state index contributed by atoms with van der Waals surface area (Å²) >= 11 is 0. The summed E-state index contributed by atoms with van der Waals surface area (Å²) in [7, 11) is -3.49. The second-order valence-electron chi connectivity index (χ2n) is 7.22. The number of sulfonamides is 1. The van der Waals surface area contributed by atoms with E-state index < -0.39 is 10.0 Å². The minimum atomic E-state index is -3.49. The van der Waals surface area contributed by atoms with Crippen molar-refractivity contribution in [2.75, 3.05) is 13.1 Å². The molecule has 0 bridgehead atoms. The molecular formula is C21H20N4O3S. The van der Waals surface area contributed by atoms with Gasteiger partial charge < -0.3 is 4.52 Å². The van der Waals surface area contributed by atoms with Crippen molar-refractivity contribution in [1.82, 2.24) is 14.4 Å². The van der Waals surface area contributed by atoms with Crippen molar-refractivity contribution < 1.29 is 12.9 Å². The molecule has 1 fully saturated rings. The van der Waals surface area contributed by atoms with Crippen molar-refractivity contribution in [2.24, 2.45) is 5.92 Å². The normalized spacial score (nSPS) is 15.9. The summed E-state index contributed by atoms with van der Waals surface area (Å²) in [6, 6.07) is 15.4. The van der Waals surface area contributed by atoms with E-state index >= 15 is 0 Å². The first-order valence-corrected chi connectivity index (χ1v) is 10.9. The van der Waals surface area contributed by atoms with Crippen molar-refractivity contribution in [3.8, 4) is 28.9 Å². The molecule has 1 aliphatic heterocycles. The minimum Gasteiger partial charge on any atom is -0.334 e. The maximum absolute atomic E-state index is 12.8. The summed E-state index contributed by atoms with van der Waals surface area (Å²) in [5, 5.41) is 12.9. The zero-order valence-corrected chi connectivity index (χ0v) is 16.8. The van der Waals surface area contributed by atoms with E-state index in [1.165, 1.54) is 0 Å². The Morgan fingerprint density at radius 1 is 1.03 bits per heavy atom. The highest BCUT2D eigenvalue weighted by Crippen LogP contribution is 2.26. The third kappa shape index (κ3) is 3.92. The molecule has 1 saturated heterocycles. The molecule has 1 aliphatic rings. The van der Waals surface area contributed by atoms with Crippen molar-refractivity contribution in [3.05, 3.63) is 54.1 Å². The first kappa shape index (κ1) is 19.3. The molecule has 3 aromatic rings. The summed E-state index contributed by atoms with van der Waals surface area (Å²) in [4.78, 5) is 4.65.